The Morgan fingerprint density at radius 2 is 1.90 bits per heavy atom. The van der Waals surface area contributed by atoms with E-state index in [2.05, 4.69) is 15.2 Å². The molecule has 0 spiro atoms. The van der Waals surface area contributed by atoms with Crippen LogP contribution in [0.3, 0.4) is 0 Å². The van der Waals surface area contributed by atoms with Crippen molar-refractivity contribution in [3.63, 3.8) is 0 Å². The van der Waals surface area contributed by atoms with Gasteiger partial charge in [-0.2, -0.15) is 13.2 Å². The van der Waals surface area contributed by atoms with Gasteiger partial charge in [0.2, 0.25) is 0 Å². The van der Waals surface area contributed by atoms with Crippen molar-refractivity contribution in [2.24, 2.45) is 0 Å². The number of nitrogens with one attached hydrogen (secondary N) is 1. The van der Waals surface area contributed by atoms with Crippen molar-refractivity contribution < 1.29 is 13.2 Å². The van der Waals surface area contributed by atoms with E-state index in [0.717, 1.165) is 32.0 Å². The first kappa shape index (κ1) is 14.0. The van der Waals surface area contributed by atoms with Gasteiger partial charge in [0.15, 0.2) is 0 Å². The summed E-state index contributed by atoms with van der Waals surface area (Å²) in [4.78, 5) is 6.44. The molecular weight excluding hydrogens is 279 g/mol. The van der Waals surface area contributed by atoms with Gasteiger partial charge >= 0.3 is 6.18 Å². The van der Waals surface area contributed by atoms with Crippen molar-refractivity contribution in [1.82, 2.24) is 4.98 Å². The van der Waals surface area contributed by atoms with Crippen LogP contribution in [0.15, 0.2) is 24.4 Å². The molecule has 0 radical (unpaired) electrons. The summed E-state index contributed by atoms with van der Waals surface area (Å²) in [7, 11) is 1.61. The fourth-order valence-electron chi connectivity index (χ4n) is 2.90. The first-order valence-corrected chi connectivity index (χ1v) is 6.94. The lowest BCUT2D eigenvalue weighted by Crippen LogP contribution is -2.20. The molecule has 3 nitrogen and oxygen atoms in total. The fraction of sp³-hybridized carbons (Fsp3) is 0.400. The quantitative estimate of drug-likeness (QED) is 0.911. The van der Waals surface area contributed by atoms with E-state index >= 15 is 0 Å². The third-order valence-corrected chi connectivity index (χ3v) is 3.87. The molecule has 1 aliphatic heterocycles. The molecule has 1 aliphatic rings. The second-order valence-corrected chi connectivity index (χ2v) is 5.17. The molecule has 2 aromatic rings. The average molecular weight is 295 g/mol. The van der Waals surface area contributed by atoms with Crippen molar-refractivity contribution in [2.75, 3.05) is 30.4 Å². The van der Waals surface area contributed by atoms with Crippen LogP contribution in [0.4, 0.5) is 24.7 Å². The lowest BCUT2D eigenvalue weighted by atomic mass is 10.0. The summed E-state index contributed by atoms with van der Waals surface area (Å²) in [5.74, 6) is 0.646. The maximum absolute atomic E-state index is 13.3. The number of anilines is 2. The Bertz CT molecular complexity index is 661. The van der Waals surface area contributed by atoms with Gasteiger partial charge in [0, 0.05) is 30.9 Å². The zero-order valence-corrected chi connectivity index (χ0v) is 11.7. The normalized spacial score (nSPS) is 15.7. The number of hydrogen-bond donors (Lipinski definition) is 1. The molecule has 6 heteroatoms. The molecule has 3 rings (SSSR count). The first-order valence-electron chi connectivity index (χ1n) is 6.94. The largest absolute Gasteiger partial charge is 0.417 e. The third kappa shape index (κ3) is 2.39. The summed E-state index contributed by atoms with van der Waals surface area (Å²) in [5, 5.41) is 3.57. The molecule has 0 unspecified atom stereocenters. The number of fused-ring (bicyclic) bond motifs is 1. The molecular formula is C15H16F3N3. The zero-order valence-electron chi connectivity index (χ0n) is 11.7. The topological polar surface area (TPSA) is 28.2 Å². The molecule has 0 aliphatic carbocycles. The standard InChI is InChI=1S/C15H16F3N3/c1-19-12-9-20-14(21-7-2-3-8-21)10-5-4-6-11(13(10)12)15(16,17)18/h4-6,9,19H,2-3,7-8H2,1H3. The maximum Gasteiger partial charge on any atom is 0.417 e. The van der Waals surface area contributed by atoms with Gasteiger partial charge in [0.05, 0.1) is 17.4 Å². The number of halogens is 3. The highest BCUT2D eigenvalue weighted by Gasteiger charge is 2.34. The molecule has 1 aromatic heterocycles. The van der Waals surface area contributed by atoms with Crippen LogP contribution in [0.5, 0.6) is 0 Å². The molecule has 0 amide bonds. The molecule has 0 saturated carbocycles. The van der Waals surface area contributed by atoms with Gasteiger partial charge in [0.25, 0.3) is 0 Å². The van der Waals surface area contributed by atoms with Gasteiger partial charge < -0.3 is 10.2 Å². The van der Waals surface area contributed by atoms with Crippen LogP contribution in [0.1, 0.15) is 18.4 Å². The summed E-state index contributed by atoms with van der Waals surface area (Å²) in [6, 6.07) is 4.29. The number of hydrogen-bond acceptors (Lipinski definition) is 3. The Morgan fingerprint density at radius 1 is 1.19 bits per heavy atom. The summed E-state index contributed by atoms with van der Waals surface area (Å²) in [5.41, 5.74) is -0.215. The van der Waals surface area contributed by atoms with Crippen LogP contribution < -0.4 is 10.2 Å². The molecule has 21 heavy (non-hydrogen) atoms. The van der Waals surface area contributed by atoms with Crippen molar-refractivity contribution >= 4 is 22.3 Å². The van der Waals surface area contributed by atoms with Crippen LogP contribution in [0.2, 0.25) is 0 Å². The minimum absolute atomic E-state index is 0.199. The van der Waals surface area contributed by atoms with E-state index in [1.54, 1.807) is 13.1 Å². The number of alkyl halides is 3. The molecule has 112 valence electrons. The van der Waals surface area contributed by atoms with E-state index in [9.17, 15) is 13.2 Å². The van der Waals surface area contributed by atoms with Crippen LogP contribution in [0, 0.1) is 0 Å². The predicted octanol–water partition coefficient (Wildman–Crippen LogP) is 3.90. The van der Waals surface area contributed by atoms with Crippen LogP contribution in [-0.2, 0) is 6.18 Å². The minimum Gasteiger partial charge on any atom is -0.386 e. The monoisotopic (exact) mass is 295 g/mol. The molecule has 2 heterocycles. The Kier molecular flexibility index (Phi) is 3.39. The number of nitrogens with zero attached hydrogens (tertiary/aromatic N) is 2. The van der Waals surface area contributed by atoms with Gasteiger partial charge in [-0.15, -0.1) is 0 Å². The van der Waals surface area contributed by atoms with E-state index in [4.69, 9.17) is 0 Å². The Hall–Kier alpha value is -1.98. The van der Waals surface area contributed by atoms with Crippen LogP contribution in [0.25, 0.3) is 10.8 Å². The summed E-state index contributed by atoms with van der Waals surface area (Å²) >= 11 is 0. The lowest BCUT2D eigenvalue weighted by Gasteiger charge is -2.21. The van der Waals surface area contributed by atoms with Gasteiger partial charge in [-0.3, -0.25) is 0 Å². The highest BCUT2D eigenvalue weighted by atomic mass is 19.4. The Morgan fingerprint density at radius 3 is 2.52 bits per heavy atom. The molecule has 0 bridgehead atoms. The Labute approximate surface area is 120 Å². The van der Waals surface area contributed by atoms with Gasteiger partial charge in [-0.25, -0.2) is 4.98 Å². The van der Waals surface area contributed by atoms with Crippen LogP contribution in [-0.4, -0.2) is 25.1 Å². The fourth-order valence-corrected chi connectivity index (χ4v) is 2.90. The molecule has 1 saturated heterocycles. The third-order valence-electron chi connectivity index (χ3n) is 3.87. The SMILES string of the molecule is CNc1cnc(N2CCCC2)c2cccc(C(F)(F)F)c12. The van der Waals surface area contributed by atoms with Crippen molar-refractivity contribution in [2.45, 2.75) is 19.0 Å². The second kappa shape index (κ2) is 5.09. The van der Waals surface area contributed by atoms with E-state index < -0.39 is 11.7 Å². The van der Waals surface area contributed by atoms with E-state index in [1.807, 2.05) is 0 Å². The summed E-state index contributed by atoms with van der Waals surface area (Å²) in [6.07, 6.45) is -0.786. The van der Waals surface area contributed by atoms with Gasteiger partial charge in [0.1, 0.15) is 5.82 Å². The minimum atomic E-state index is -4.38. The molecule has 1 fully saturated rings. The van der Waals surface area contributed by atoms with Gasteiger partial charge in [-0.05, 0) is 18.9 Å². The highest BCUT2D eigenvalue weighted by Crippen LogP contribution is 2.40. The van der Waals surface area contributed by atoms with E-state index in [-0.39, 0.29) is 5.39 Å². The second-order valence-electron chi connectivity index (χ2n) is 5.17. The maximum atomic E-state index is 13.3. The lowest BCUT2D eigenvalue weighted by molar-refractivity contribution is -0.136. The zero-order chi connectivity index (χ0) is 15.0. The average Bonchev–Trinajstić information content (AvgIpc) is 2.98. The highest BCUT2D eigenvalue weighted by molar-refractivity contribution is 6.02. The number of pyridine rings is 1. The number of benzene rings is 1. The summed E-state index contributed by atoms with van der Waals surface area (Å²) < 4.78 is 39.8. The van der Waals surface area contributed by atoms with Crippen LogP contribution >= 0.6 is 0 Å². The molecule has 1 aromatic carbocycles. The number of rotatable bonds is 2. The Balaban J connectivity index is 2.29. The predicted molar refractivity (Wildman–Crippen MR) is 77.7 cm³/mol. The number of aromatic nitrogens is 1. The van der Waals surface area contributed by atoms with Crippen molar-refractivity contribution in [3.05, 3.63) is 30.0 Å². The van der Waals surface area contributed by atoms with E-state index in [1.165, 1.54) is 12.3 Å². The van der Waals surface area contributed by atoms with Crippen molar-refractivity contribution in [1.29, 1.82) is 0 Å². The summed E-state index contributed by atoms with van der Waals surface area (Å²) in [6.45, 7) is 1.69. The van der Waals surface area contributed by atoms with Crippen molar-refractivity contribution in [3.8, 4) is 0 Å². The smallest absolute Gasteiger partial charge is 0.386 e. The molecule has 1 N–H and O–H groups in total. The first-order chi connectivity index (χ1) is 10.0. The molecule has 0 atom stereocenters. The van der Waals surface area contributed by atoms with Gasteiger partial charge in [-0.1, -0.05) is 12.1 Å². The van der Waals surface area contributed by atoms with E-state index in [0.29, 0.717) is 16.9 Å².